The smallest absolute Gasteiger partial charge is 0.266 e. The van der Waals surface area contributed by atoms with E-state index in [0.717, 1.165) is 35.1 Å². The SMILES string of the molecule is CS(=O)(=O)NC(=O)c1cncc(-c2ccc3c(c2)CCO3)c1. The Balaban J connectivity index is 1.93. The van der Waals surface area contributed by atoms with Gasteiger partial charge in [-0.05, 0) is 29.3 Å². The fourth-order valence-electron chi connectivity index (χ4n) is 2.32. The zero-order valence-corrected chi connectivity index (χ0v) is 12.7. The van der Waals surface area contributed by atoms with E-state index in [1.54, 1.807) is 12.3 Å². The molecule has 0 spiro atoms. The first-order chi connectivity index (χ1) is 10.4. The van der Waals surface area contributed by atoms with Crippen molar-refractivity contribution in [2.45, 2.75) is 6.42 Å². The van der Waals surface area contributed by atoms with E-state index in [1.165, 1.54) is 6.20 Å². The molecule has 1 aromatic carbocycles. The van der Waals surface area contributed by atoms with Gasteiger partial charge < -0.3 is 4.74 Å². The summed E-state index contributed by atoms with van der Waals surface area (Å²) in [5.74, 6) is 0.184. The molecule has 2 heterocycles. The number of aromatic nitrogens is 1. The molecule has 1 aliphatic heterocycles. The fraction of sp³-hybridized carbons (Fsp3) is 0.200. The predicted molar refractivity (Wildman–Crippen MR) is 81.2 cm³/mol. The highest BCUT2D eigenvalue weighted by Crippen LogP contribution is 2.30. The molecule has 0 bridgehead atoms. The monoisotopic (exact) mass is 318 g/mol. The lowest BCUT2D eigenvalue weighted by atomic mass is 10.0. The molecule has 1 N–H and O–H groups in total. The summed E-state index contributed by atoms with van der Waals surface area (Å²) in [6.07, 6.45) is 4.75. The van der Waals surface area contributed by atoms with Gasteiger partial charge in [-0.15, -0.1) is 0 Å². The number of hydrogen-bond acceptors (Lipinski definition) is 5. The lowest BCUT2D eigenvalue weighted by Gasteiger charge is -2.07. The highest BCUT2D eigenvalue weighted by atomic mass is 32.2. The van der Waals surface area contributed by atoms with Crippen LogP contribution in [0.3, 0.4) is 0 Å². The van der Waals surface area contributed by atoms with E-state index >= 15 is 0 Å². The number of sulfonamides is 1. The Bertz CT molecular complexity index is 846. The first-order valence-corrected chi connectivity index (χ1v) is 8.55. The van der Waals surface area contributed by atoms with E-state index < -0.39 is 15.9 Å². The molecular weight excluding hydrogens is 304 g/mol. The third-order valence-corrected chi connectivity index (χ3v) is 3.86. The van der Waals surface area contributed by atoms with Crippen molar-refractivity contribution in [2.75, 3.05) is 12.9 Å². The molecular formula is C15H14N2O4S. The number of hydrogen-bond donors (Lipinski definition) is 1. The number of pyridine rings is 1. The quantitative estimate of drug-likeness (QED) is 0.924. The van der Waals surface area contributed by atoms with Crippen molar-refractivity contribution in [3.05, 3.63) is 47.8 Å². The number of nitrogens with one attached hydrogen (secondary N) is 1. The topological polar surface area (TPSA) is 85.4 Å². The van der Waals surface area contributed by atoms with E-state index in [9.17, 15) is 13.2 Å². The molecule has 1 amide bonds. The molecule has 0 atom stereocenters. The van der Waals surface area contributed by atoms with Gasteiger partial charge in [-0.3, -0.25) is 9.78 Å². The molecule has 1 aromatic heterocycles. The molecule has 6 nitrogen and oxygen atoms in total. The van der Waals surface area contributed by atoms with Gasteiger partial charge in [0.15, 0.2) is 0 Å². The Labute approximate surface area is 128 Å². The van der Waals surface area contributed by atoms with Crippen LogP contribution in [0.5, 0.6) is 5.75 Å². The number of rotatable bonds is 3. The average molecular weight is 318 g/mol. The first kappa shape index (κ1) is 14.5. The Kier molecular flexibility index (Phi) is 3.58. The van der Waals surface area contributed by atoms with Crippen molar-refractivity contribution in [3.8, 4) is 16.9 Å². The fourth-order valence-corrected chi connectivity index (χ4v) is 2.77. The van der Waals surface area contributed by atoms with Crippen LogP contribution in [0.1, 0.15) is 15.9 Å². The molecule has 114 valence electrons. The third-order valence-electron chi connectivity index (χ3n) is 3.30. The average Bonchev–Trinajstić information content (AvgIpc) is 2.93. The van der Waals surface area contributed by atoms with Crippen LogP contribution in [0.15, 0.2) is 36.7 Å². The molecule has 0 saturated carbocycles. The minimum Gasteiger partial charge on any atom is -0.493 e. The molecule has 3 rings (SSSR count). The minimum absolute atomic E-state index is 0.194. The van der Waals surface area contributed by atoms with E-state index in [2.05, 4.69) is 4.98 Å². The van der Waals surface area contributed by atoms with Gasteiger partial charge in [-0.25, -0.2) is 13.1 Å². The summed E-state index contributed by atoms with van der Waals surface area (Å²) < 4.78 is 29.7. The minimum atomic E-state index is -3.60. The molecule has 2 aromatic rings. The number of nitrogens with zero attached hydrogens (tertiary/aromatic N) is 1. The molecule has 7 heteroatoms. The highest BCUT2D eigenvalue weighted by Gasteiger charge is 2.15. The number of carbonyl (C=O) groups excluding carboxylic acids is 1. The van der Waals surface area contributed by atoms with Crippen LogP contribution in [0.25, 0.3) is 11.1 Å². The zero-order valence-electron chi connectivity index (χ0n) is 11.9. The molecule has 0 saturated heterocycles. The molecule has 0 unspecified atom stereocenters. The van der Waals surface area contributed by atoms with Crippen molar-refractivity contribution in [1.82, 2.24) is 9.71 Å². The van der Waals surface area contributed by atoms with Gasteiger partial charge in [0, 0.05) is 24.4 Å². The van der Waals surface area contributed by atoms with Gasteiger partial charge in [0.2, 0.25) is 10.0 Å². The summed E-state index contributed by atoms with van der Waals surface area (Å²) in [5.41, 5.74) is 2.96. The third kappa shape index (κ3) is 3.09. The van der Waals surface area contributed by atoms with Crippen molar-refractivity contribution < 1.29 is 17.9 Å². The van der Waals surface area contributed by atoms with Gasteiger partial charge >= 0.3 is 0 Å². The standard InChI is InChI=1S/C15H14N2O4S/c1-22(19,20)17-15(18)13-7-12(8-16-9-13)10-2-3-14-11(6-10)4-5-21-14/h2-3,6-9H,4-5H2,1H3,(H,17,18). The van der Waals surface area contributed by atoms with Gasteiger partial charge in [0.05, 0.1) is 18.4 Å². The Morgan fingerprint density at radius 3 is 2.82 bits per heavy atom. The molecule has 0 fully saturated rings. The maximum atomic E-state index is 11.9. The van der Waals surface area contributed by atoms with Gasteiger partial charge in [0.1, 0.15) is 5.75 Å². The van der Waals surface area contributed by atoms with Crippen molar-refractivity contribution in [1.29, 1.82) is 0 Å². The maximum absolute atomic E-state index is 11.9. The number of carbonyl (C=O) groups is 1. The highest BCUT2D eigenvalue weighted by molar-refractivity contribution is 7.89. The number of amides is 1. The largest absolute Gasteiger partial charge is 0.493 e. The second kappa shape index (κ2) is 5.42. The summed E-state index contributed by atoms with van der Waals surface area (Å²) in [4.78, 5) is 15.9. The molecule has 22 heavy (non-hydrogen) atoms. The second-order valence-corrected chi connectivity index (χ2v) is 6.84. The van der Waals surface area contributed by atoms with Crippen molar-refractivity contribution >= 4 is 15.9 Å². The Morgan fingerprint density at radius 2 is 2.05 bits per heavy atom. The molecule has 1 aliphatic rings. The van der Waals surface area contributed by atoms with Crippen LogP contribution in [0, 0.1) is 0 Å². The summed E-state index contributed by atoms with van der Waals surface area (Å²) >= 11 is 0. The second-order valence-electron chi connectivity index (χ2n) is 5.09. The lowest BCUT2D eigenvalue weighted by Crippen LogP contribution is -2.29. The van der Waals surface area contributed by atoms with Crippen LogP contribution in [0.4, 0.5) is 0 Å². The maximum Gasteiger partial charge on any atom is 0.266 e. The van der Waals surface area contributed by atoms with Gasteiger partial charge in [0.25, 0.3) is 5.91 Å². The summed E-state index contributed by atoms with van der Waals surface area (Å²) in [5, 5.41) is 0. The van der Waals surface area contributed by atoms with E-state index in [1.807, 2.05) is 22.9 Å². The van der Waals surface area contributed by atoms with Gasteiger partial charge in [-0.2, -0.15) is 0 Å². The van der Waals surface area contributed by atoms with Crippen LogP contribution >= 0.6 is 0 Å². The van der Waals surface area contributed by atoms with Crippen LogP contribution < -0.4 is 9.46 Å². The van der Waals surface area contributed by atoms with Crippen molar-refractivity contribution in [2.24, 2.45) is 0 Å². The van der Waals surface area contributed by atoms with Crippen LogP contribution in [-0.2, 0) is 16.4 Å². The summed E-state index contributed by atoms with van der Waals surface area (Å²) in [6, 6.07) is 7.39. The Morgan fingerprint density at radius 1 is 1.23 bits per heavy atom. The lowest BCUT2D eigenvalue weighted by molar-refractivity contribution is 0.0981. The Hall–Kier alpha value is -2.41. The number of fused-ring (bicyclic) bond motifs is 1. The van der Waals surface area contributed by atoms with Gasteiger partial charge in [-0.1, -0.05) is 6.07 Å². The van der Waals surface area contributed by atoms with E-state index in [-0.39, 0.29) is 5.56 Å². The first-order valence-electron chi connectivity index (χ1n) is 6.66. The van der Waals surface area contributed by atoms with Crippen LogP contribution in [0.2, 0.25) is 0 Å². The predicted octanol–water partition coefficient (Wildman–Crippen LogP) is 1.37. The molecule has 0 aliphatic carbocycles. The number of ether oxygens (including phenoxy) is 1. The summed E-state index contributed by atoms with van der Waals surface area (Å²) in [7, 11) is -3.60. The van der Waals surface area contributed by atoms with E-state index in [0.29, 0.717) is 6.61 Å². The van der Waals surface area contributed by atoms with Crippen LogP contribution in [-0.4, -0.2) is 32.2 Å². The van der Waals surface area contributed by atoms with E-state index in [4.69, 9.17) is 4.74 Å². The number of benzene rings is 1. The normalized spacial score (nSPS) is 13.3. The summed E-state index contributed by atoms with van der Waals surface area (Å²) in [6.45, 7) is 0.674. The molecule has 0 radical (unpaired) electrons. The van der Waals surface area contributed by atoms with Crippen molar-refractivity contribution in [3.63, 3.8) is 0 Å². The zero-order chi connectivity index (χ0) is 15.7.